The highest BCUT2D eigenvalue weighted by atomic mass is 16.1. The van der Waals surface area contributed by atoms with Gasteiger partial charge in [0.1, 0.15) is 0 Å². The van der Waals surface area contributed by atoms with Gasteiger partial charge >= 0.3 is 0 Å². The molecule has 112 valence electrons. The van der Waals surface area contributed by atoms with Crippen LogP contribution in [0.25, 0.3) is 11.1 Å². The van der Waals surface area contributed by atoms with E-state index >= 15 is 0 Å². The van der Waals surface area contributed by atoms with Crippen molar-refractivity contribution in [1.82, 2.24) is 4.57 Å². The Kier molecular flexibility index (Phi) is 6.18. The number of rotatable bonds is 3. The van der Waals surface area contributed by atoms with Crippen LogP contribution in [0.1, 0.15) is 24.6 Å². The lowest BCUT2D eigenvalue weighted by atomic mass is 10.1. The molecule has 2 aromatic carbocycles. The van der Waals surface area contributed by atoms with E-state index < -0.39 is 0 Å². The van der Waals surface area contributed by atoms with Crippen LogP contribution >= 0.6 is 0 Å². The van der Waals surface area contributed by atoms with Gasteiger partial charge in [0, 0.05) is 18.8 Å². The van der Waals surface area contributed by atoms with Crippen LogP contribution in [0.3, 0.4) is 0 Å². The zero-order chi connectivity index (χ0) is 15.6. The van der Waals surface area contributed by atoms with E-state index in [1.165, 1.54) is 11.1 Å². The Labute approximate surface area is 132 Å². The second-order valence-corrected chi connectivity index (χ2v) is 4.97. The average molecular weight is 291 g/mol. The molecule has 1 heterocycles. The molecule has 2 nitrogen and oxygen atoms in total. The Hall–Kier alpha value is -2.61. The second kappa shape index (κ2) is 8.63. The van der Waals surface area contributed by atoms with Crippen molar-refractivity contribution in [3.63, 3.8) is 0 Å². The van der Waals surface area contributed by atoms with Crippen LogP contribution in [0.15, 0.2) is 85.2 Å². The zero-order valence-electron chi connectivity index (χ0n) is 12.9. The van der Waals surface area contributed by atoms with Crippen molar-refractivity contribution in [3.05, 3.63) is 85.2 Å². The van der Waals surface area contributed by atoms with Gasteiger partial charge in [-0.25, -0.2) is 0 Å². The summed E-state index contributed by atoms with van der Waals surface area (Å²) in [6.07, 6.45) is 5.10. The van der Waals surface area contributed by atoms with Crippen LogP contribution in [0.5, 0.6) is 0 Å². The highest BCUT2D eigenvalue weighted by molar-refractivity contribution is 5.78. The van der Waals surface area contributed by atoms with Crippen molar-refractivity contribution < 1.29 is 4.79 Å². The molecule has 0 spiro atoms. The Morgan fingerprint density at radius 1 is 0.773 bits per heavy atom. The van der Waals surface area contributed by atoms with Gasteiger partial charge in [0.2, 0.25) is 5.91 Å². The van der Waals surface area contributed by atoms with Crippen LogP contribution < -0.4 is 0 Å². The largest absolute Gasteiger partial charge is 0.295 e. The van der Waals surface area contributed by atoms with Crippen LogP contribution in [-0.4, -0.2) is 10.5 Å². The summed E-state index contributed by atoms with van der Waals surface area (Å²) in [6, 6.07) is 24.5. The van der Waals surface area contributed by atoms with Gasteiger partial charge in [-0.1, -0.05) is 67.6 Å². The van der Waals surface area contributed by atoms with Crippen LogP contribution in [0, 0.1) is 0 Å². The molecular weight excluding hydrogens is 270 g/mol. The minimum Gasteiger partial charge on any atom is -0.295 e. The van der Waals surface area contributed by atoms with Crippen molar-refractivity contribution in [2.24, 2.45) is 0 Å². The molecule has 22 heavy (non-hydrogen) atoms. The number of nitrogens with zero attached hydrogens (tertiary/aromatic N) is 1. The normalized spacial score (nSPS) is 9.68. The number of carbonyl (C=O) groups is 1. The molecule has 3 rings (SSSR count). The summed E-state index contributed by atoms with van der Waals surface area (Å²) in [5, 5.41) is 0. The topological polar surface area (TPSA) is 22.0 Å². The van der Waals surface area contributed by atoms with Gasteiger partial charge in [-0.15, -0.1) is 0 Å². The number of hydrogen-bond donors (Lipinski definition) is 0. The summed E-state index contributed by atoms with van der Waals surface area (Å²) >= 11 is 0. The first kappa shape index (κ1) is 15.8. The van der Waals surface area contributed by atoms with E-state index in [-0.39, 0.29) is 5.91 Å². The fourth-order valence-corrected chi connectivity index (χ4v) is 2.10. The molecule has 0 N–H and O–H groups in total. The molecule has 0 amide bonds. The lowest BCUT2D eigenvalue weighted by molar-refractivity contribution is 0.0902. The van der Waals surface area contributed by atoms with E-state index in [1.807, 2.05) is 31.2 Å². The predicted molar refractivity (Wildman–Crippen MR) is 91.8 cm³/mol. The van der Waals surface area contributed by atoms with E-state index in [4.69, 9.17) is 0 Å². The molecule has 0 saturated carbocycles. The highest BCUT2D eigenvalue weighted by Gasteiger charge is 1.98. The summed E-state index contributed by atoms with van der Waals surface area (Å²) in [5.41, 5.74) is 2.55. The zero-order valence-corrected chi connectivity index (χ0v) is 12.9. The van der Waals surface area contributed by atoms with Gasteiger partial charge in [0.25, 0.3) is 0 Å². The molecule has 0 aliphatic carbocycles. The third-order valence-electron chi connectivity index (χ3n) is 3.24. The van der Waals surface area contributed by atoms with Crippen molar-refractivity contribution in [3.8, 4) is 11.1 Å². The Morgan fingerprint density at radius 2 is 1.23 bits per heavy atom. The summed E-state index contributed by atoms with van der Waals surface area (Å²) in [5.74, 6) is 0.174. The highest BCUT2D eigenvalue weighted by Crippen LogP contribution is 2.17. The summed E-state index contributed by atoms with van der Waals surface area (Å²) in [4.78, 5) is 11.1. The maximum absolute atomic E-state index is 11.1. The predicted octanol–water partition coefficient (Wildman–Crippen LogP) is 5.28. The van der Waals surface area contributed by atoms with Crippen molar-refractivity contribution in [2.75, 3.05) is 0 Å². The Morgan fingerprint density at radius 3 is 1.64 bits per heavy atom. The maximum Gasteiger partial charge on any atom is 0.230 e. The van der Waals surface area contributed by atoms with E-state index in [1.54, 1.807) is 17.0 Å². The maximum atomic E-state index is 11.1. The first-order valence-electron chi connectivity index (χ1n) is 7.58. The molecule has 0 aliphatic rings. The van der Waals surface area contributed by atoms with Gasteiger partial charge in [0.05, 0.1) is 0 Å². The average Bonchev–Trinajstić information content (AvgIpc) is 3.12. The second-order valence-electron chi connectivity index (χ2n) is 4.97. The first-order valence-corrected chi connectivity index (χ1v) is 7.58. The third-order valence-corrected chi connectivity index (χ3v) is 3.24. The molecule has 0 bridgehead atoms. The number of aromatic nitrogens is 1. The monoisotopic (exact) mass is 291 g/mol. The van der Waals surface area contributed by atoms with Crippen LogP contribution in [-0.2, 0) is 0 Å². The van der Waals surface area contributed by atoms with Crippen molar-refractivity contribution >= 4 is 5.91 Å². The van der Waals surface area contributed by atoms with E-state index in [0.29, 0.717) is 6.42 Å². The van der Waals surface area contributed by atoms with E-state index in [0.717, 1.165) is 6.42 Å². The molecule has 0 atom stereocenters. The third kappa shape index (κ3) is 4.74. The fraction of sp³-hybridized carbons (Fsp3) is 0.150. The summed E-state index contributed by atoms with van der Waals surface area (Å²) in [7, 11) is 0. The fourth-order valence-electron chi connectivity index (χ4n) is 2.10. The molecule has 0 unspecified atom stereocenters. The Bertz CT molecular complexity index is 620. The van der Waals surface area contributed by atoms with E-state index in [2.05, 4.69) is 48.5 Å². The minimum atomic E-state index is 0.174. The van der Waals surface area contributed by atoms with Gasteiger partial charge in [-0.2, -0.15) is 0 Å². The Balaban J connectivity index is 0.000000164. The molecule has 3 aromatic rings. The molecule has 0 saturated heterocycles. The number of benzene rings is 2. The van der Waals surface area contributed by atoms with Gasteiger partial charge in [-0.3, -0.25) is 9.36 Å². The summed E-state index contributed by atoms with van der Waals surface area (Å²) < 4.78 is 1.61. The van der Waals surface area contributed by atoms with Gasteiger partial charge in [-0.05, 0) is 29.7 Å². The van der Waals surface area contributed by atoms with Crippen LogP contribution in [0.2, 0.25) is 0 Å². The molecular formula is C20H21NO. The van der Waals surface area contributed by atoms with Crippen molar-refractivity contribution in [1.29, 1.82) is 0 Å². The molecule has 0 radical (unpaired) electrons. The molecule has 1 aromatic heterocycles. The minimum absolute atomic E-state index is 0.174. The molecule has 2 heteroatoms. The number of carbonyl (C=O) groups excluding carboxylic acids is 1. The number of hydrogen-bond acceptors (Lipinski definition) is 1. The first-order chi connectivity index (χ1) is 10.8. The van der Waals surface area contributed by atoms with Gasteiger partial charge < -0.3 is 0 Å². The van der Waals surface area contributed by atoms with Crippen molar-refractivity contribution in [2.45, 2.75) is 19.8 Å². The standard InChI is InChI=1S/C12H10.C8H11NO/c1-3-7-11(8-4-1)12-9-5-2-6-10-12;1-2-5-8(10)9-6-3-4-7-9/h1-10H;3-4,6-7H,2,5H2,1H3. The van der Waals surface area contributed by atoms with Gasteiger partial charge in [0.15, 0.2) is 0 Å². The SMILES string of the molecule is CCCC(=O)n1cccc1.c1ccc(-c2ccccc2)cc1. The van der Waals surface area contributed by atoms with Crippen LogP contribution in [0.4, 0.5) is 0 Å². The molecule has 0 fully saturated rings. The molecule has 0 aliphatic heterocycles. The lowest BCUT2D eigenvalue weighted by Gasteiger charge is -1.98. The quantitative estimate of drug-likeness (QED) is 0.643. The van der Waals surface area contributed by atoms with E-state index in [9.17, 15) is 4.79 Å². The lowest BCUT2D eigenvalue weighted by Crippen LogP contribution is -2.06. The summed E-state index contributed by atoms with van der Waals surface area (Å²) in [6.45, 7) is 2.00. The smallest absolute Gasteiger partial charge is 0.230 e.